The minimum Gasteiger partial charge on any atom is -0.387 e. The molecule has 0 aliphatic carbocycles. The molecule has 0 amide bonds. The van der Waals surface area contributed by atoms with Crippen LogP contribution in [0.25, 0.3) is 22.3 Å². The van der Waals surface area contributed by atoms with E-state index in [-0.39, 0.29) is 28.1 Å². The van der Waals surface area contributed by atoms with Crippen LogP contribution in [0.3, 0.4) is 0 Å². The first-order chi connectivity index (χ1) is 23.4. The molecule has 6 rings (SSSR count). The Labute approximate surface area is 275 Å². The van der Waals surface area contributed by atoms with Crippen LogP contribution in [0.5, 0.6) is 0 Å². The number of nitrogens with two attached hydrogens (primary N) is 1. The molecule has 2 aliphatic rings. The van der Waals surface area contributed by atoms with Crippen molar-refractivity contribution in [2.45, 2.75) is 49.1 Å². The first-order valence-corrected chi connectivity index (χ1v) is 18.7. The third-order valence-corrected chi connectivity index (χ3v) is 12.3. The van der Waals surface area contributed by atoms with Gasteiger partial charge in [-0.25, -0.2) is 24.9 Å². The van der Waals surface area contributed by atoms with Crippen LogP contribution >= 0.6 is 32.6 Å². The average molecular weight is 767 g/mol. The number of aliphatic hydroxyl groups excluding tert-OH is 4. The molecule has 4 aromatic rings. The maximum atomic E-state index is 12.2. The van der Waals surface area contributed by atoms with E-state index in [1.54, 1.807) is 0 Å². The number of nitrogens with zero attached hydrogens (tertiary/aromatic N) is 7. The van der Waals surface area contributed by atoms with Gasteiger partial charge < -0.3 is 40.6 Å². The summed E-state index contributed by atoms with van der Waals surface area (Å²) in [5, 5.41) is 41.8. The number of hydrogen-bond acceptors (Lipinski definition) is 21. The topological polar surface area (TPSA) is 338 Å². The number of rotatable bonds is 14. The Hall–Kier alpha value is -3.30. The van der Waals surface area contributed by atoms with Gasteiger partial charge >= 0.3 is 38.5 Å². The second kappa shape index (κ2) is 14.9. The highest BCUT2D eigenvalue weighted by Crippen LogP contribution is 2.49. The van der Waals surface area contributed by atoms with Crippen LogP contribution in [0.2, 0.25) is 0 Å². The van der Waals surface area contributed by atoms with Gasteiger partial charge in [0.05, 0.1) is 19.0 Å². The van der Waals surface area contributed by atoms with E-state index in [4.69, 9.17) is 24.3 Å². The second-order valence-corrected chi connectivity index (χ2v) is 15.4. The number of H-pyrrole nitrogens is 1. The Morgan fingerprint density at radius 3 is 1.82 bits per heavy atom. The van der Waals surface area contributed by atoms with Crippen molar-refractivity contribution in [2.75, 3.05) is 24.9 Å². The standard InChI is InChI=1S/C21H24N9O15P4/c22-16-10-17(24-3-23-16)29(5-27-10)20-14(33)12(31)8(42-20)1-40-48(38)44-46(36)7-47(37)45-49(39)41-2-9-13(32)15(34)21(43-9)30-6-28-11-18(30)25-4-26-19(11)35/h3-6,8-9,12-15,20-21,31-34H,1-2,7H2,(H2-,22,23,24,25,26,35)/q+3/p+1/t8-,9+,12-,13+,14-,15+,20-,21+/m0/s1. The lowest BCUT2D eigenvalue weighted by atomic mass is 10.1. The number of nitrogen functional groups attached to an aromatic ring is 1. The van der Waals surface area contributed by atoms with E-state index in [2.05, 4.69) is 38.5 Å². The van der Waals surface area contributed by atoms with Crippen LogP contribution < -0.4 is 11.3 Å². The lowest BCUT2D eigenvalue weighted by Crippen LogP contribution is -2.33. The molecule has 7 N–H and O–H groups in total. The van der Waals surface area contributed by atoms with E-state index in [1.807, 2.05) is 0 Å². The molecular weight excluding hydrogens is 742 g/mol. The van der Waals surface area contributed by atoms with Crippen LogP contribution in [0.15, 0.2) is 30.1 Å². The Balaban J connectivity index is 0.925. The van der Waals surface area contributed by atoms with Gasteiger partial charge in [0.25, 0.3) is 5.56 Å². The third-order valence-electron chi connectivity index (χ3n) is 7.21. The zero-order chi connectivity index (χ0) is 35.0. The van der Waals surface area contributed by atoms with E-state index < -0.39 is 106 Å². The summed E-state index contributed by atoms with van der Waals surface area (Å²) < 4.78 is 81.8. The van der Waals surface area contributed by atoms with Gasteiger partial charge in [-0.1, -0.05) is 0 Å². The predicted octanol–water partition coefficient (Wildman–Crippen LogP) is -0.396. The van der Waals surface area contributed by atoms with Gasteiger partial charge in [-0.3, -0.25) is 13.9 Å². The fourth-order valence-corrected chi connectivity index (χ4v) is 9.11. The van der Waals surface area contributed by atoms with Crippen molar-refractivity contribution in [1.29, 1.82) is 0 Å². The van der Waals surface area contributed by atoms with Gasteiger partial charge in [0, 0.05) is 9.13 Å². The number of aromatic nitrogens is 8. The Morgan fingerprint density at radius 1 is 0.755 bits per heavy atom. The lowest BCUT2D eigenvalue weighted by molar-refractivity contribution is -0.0474. The van der Waals surface area contributed by atoms with Gasteiger partial charge in [0.1, 0.15) is 70.3 Å². The van der Waals surface area contributed by atoms with Crippen molar-refractivity contribution in [3.05, 3.63) is 35.7 Å². The number of ether oxygens (including phenoxy) is 2. The maximum absolute atomic E-state index is 12.2. The third kappa shape index (κ3) is 7.43. The normalized spacial score (nSPS) is 28.3. The van der Waals surface area contributed by atoms with E-state index in [9.17, 15) is 43.5 Å². The zero-order valence-electron chi connectivity index (χ0n) is 24.3. The average Bonchev–Trinajstić information content (AvgIpc) is 3.81. The van der Waals surface area contributed by atoms with Gasteiger partial charge in [-0.05, 0) is 9.13 Å². The molecule has 0 aromatic carbocycles. The Bertz CT molecular complexity index is 1980. The molecule has 28 heteroatoms. The molecule has 4 aromatic heterocycles. The molecule has 49 heavy (non-hydrogen) atoms. The van der Waals surface area contributed by atoms with E-state index in [0.717, 1.165) is 6.33 Å². The number of aliphatic hydroxyl groups is 4. The number of fused-ring (bicyclic) bond motifs is 2. The van der Waals surface area contributed by atoms with Crippen LogP contribution in [0.4, 0.5) is 5.82 Å². The smallest absolute Gasteiger partial charge is 0.387 e. The van der Waals surface area contributed by atoms with E-state index in [1.165, 1.54) is 28.1 Å². The van der Waals surface area contributed by atoms with Crippen molar-refractivity contribution in [3.63, 3.8) is 0 Å². The van der Waals surface area contributed by atoms with Crippen LogP contribution in [-0.4, -0.2) is 115 Å². The SMILES string of the molecule is Nc1ncnc2c1ncn2[C@H]1O[C@@H](CO[P+](=O)O[P+](=O)C[P+](=O)O[P+](=O)OC[C@H]2O[C@@H](n3cnc4c(=O)[nH]cnc43)[C@H](O)[C@@H]2O)[C@H](O)[C@@H]1O. The highest BCUT2D eigenvalue weighted by atomic mass is 31.2. The van der Waals surface area contributed by atoms with Crippen LogP contribution in [-0.2, 0) is 45.4 Å². The maximum Gasteiger partial charge on any atom is 0.745 e. The van der Waals surface area contributed by atoms with Gasteiger partial charge in [0.2, 0.25) is 0 Å². The minimum absolute atomic E-state index is 0.0378. The highest BCUT2D eigenvalue weighted by Gasteiger charge is 2.53. The number of anilines is 1. The largest absolute Gasteiger partial charge is 0.745 e. The quantitative estimate of drug-likeness (QED) is 0.0889. The molecule has 6 heterocycles. The Kier molecular flexibility index (Phi) is 10.8. The molecule has 4 unspecified atom stereocenters. The first kappa shape index (κ1) is 35.5. The second-order valence-electron chi connectivity index (χ2n) is 10.2. The summed E-state index contributed by atoms with van der Waals surface area (Å²) in [5.41, 5.74) is 5.70. The van der Waals surface area contributed by atoms with Crippen molar-refractivity contribution in [2.24, 2.45) is 0 Å². The van der Waals surface area contributed by atoms with Crippen molar-refractivity contribution >= 4 is 60.7 Å². The molecule has 2 fully saturated rings. The molecule has 2 aliphatic heterocycles. The summed E-state index contributed by atoms with van der Waals surface area (Å²) in [6.07, 6.45) is -6.25. The fraction of sp³-hybridized carbons (Fsp3) is 0.524. The summed E-state index contributed by atoms with van der Waals surface area (Å²) in [5.74, 6) is -0.788. The molecule has 0 radical (unpaired) electrons. The number of imidazole rings is 2. The molecule has 260 valence electrons. The monoisotopic (exact) mass is 767 g/mol. The van der Waals surface area contributed by atoms with E-state index >= 15 is 0 Å². The summed E-state index contributed by atoms with van der Waals surface area (Å²) >= 11 is 0. The summed E-state index contributed by atoms with van der Waals surface area (Å²) in [6, 6.07) is 0. The predicted molar refractivity (Wildman–Crippen MR) is 159 cm³/mol. The number of nitrogens with one attached hydrogen (secondary N) is 1. The number of aromatic amines is 1. The summed E-state index contributed by atoms with van der Waals surface area (Å²) in [6.45, 7) is -1.20. The zero-order valence-corrected chi connectivity index (χ0v) is 27.9. The summed E-state index contributed by atoms with van der Waals surface area (Å²) in [7, 11) is -12.1. The van der Waals surface area contributed by atoms with Gasteiger partial charge in [0.15, 0.2) is 35.1 Å². The molecular formula is C21H25N9O15P4+4. The van der Waals surface area contributed by atoms with Crippen molar-refractivity contribution in [1.82, 2.24) is 39.0 Å². The van der Waals surface area contributed by atoms with Gasteiger partial charge in [-0.2, -0.15) is 0 Å². The van der Waals surface area contributed by atoms with Crippen LogP contribution in [0.1, 0.15) is 12.5 Å². The van der Waals surface area contributed by atoms with Crippen molar-refractivity contribution in [3.8, 4) is 0 Å². The molecule has 0 spiro atoms. The molecule has 12 atom stereocenters. The Morgan fingerprint density at radius 2 is 1.27 bits per heavy atom. The molecule has 0 bridgehead atoms. The molecule has 2 saturated heterocycles. The van der Waals surface area contributed by atoms with E-state index in [0.29, 0.717) is 0 Å². The van der Waals surface area contributed by atoms with Gasteiger partial charge in [-0.15, -0.1) is 9.05 Å². The number of hydrogen-bond donors (Lipinski definition) is 6. The lowest BCUT2D eigenvalue weighted by Gasteiger charge is -2.16. The first-order valence-electron chi connectivity index (χ1n) is 13.7. The van der Waals surface area contributed by atoms with Crippen LogP contribution in [0, 0.1) is 0 Å². The highest BCUT2D eigenvalue weighted by molar-refractivity contribution is 7.63. The fourth-order valence-electron chi connectivity index (χ4n) is 4.91. The summed E-state index contributed by atoms with van der Waals surface area (Å²) in [4.78, 5) is 34.0. The van der Waals surface area contributed by atoms with Crippen molar-refractivity contribution < 1.29 is 65.8 Å². The molecule has 0 saturated carbocycles. The molecule has 24 nitrogen and oxygen atoms in total. The minimum atomic E-state index is -3.13.